The fourth-order valence-corrected chi connectivity index (χ4v) is 10.2. The van der Waals surface area contributed by atoms with Crippen LogP contribution in [0.5, 0.6) is 0 Å². The van der Waals surface area contributed by atoms with Crippen LogP contribution in [0, 0.1) is 0 Å². The molecule has 0 fully saturated rings. The van der Waals surface area contributed by atoms with Gasteiger partial charge in [0.15, 0.2) is 0 Å². The summed E-state index contributed by atoms with van der Waals surface area (Å²) in [4.78, 5) is 0. The number of hydrogen-bond donors (Lipinski definition) is 0. The Morgan fingerprint density at radius 1 is 0.167 bits per heavy atom. The molecule has 60 heavy (non-hydrogen) atoms. The van der Waals surface area contributed by atoms with E-state index in [-0.39, 0.29) is 0 Å². The molecule has 0 atom stereocenters. The second-order valence-electron chi connectivity index (χ2n) is 16.4. The number of rotatable bonds is 5. The quantitative estimate of drug-likeness (QED) is 0.153. The van der Waals surface area contributed by atoms with Crippen molar-refractivity contribution in [3.05, 3.63) is 218 Å². The van der Waals surface area contributed by atoms with E-state index in [2.05, 4.69) is 218 Å². The topological polar surface area (TPSA) is 0 Å². The molecule has 13 aromatic rings. The van der Waals surface area contributed by atoms with Crippen LogP contribution in [0.1, 0.15) is 0 Å². The molecule has 0 spiro atoms. The lowest BCUT2D eigenvalue weighted by Crippen LogP contribution is -1.90. The van der Waals surface area contributed by atoms with Crippen LogP contribution >= 0.6 is 0 Å². The van der Waals surface area contributed by atoms with Gasteiger partial charge in [0, 0.05) is 0 Å². The lowest BCUT2D eigenvalue weighted by molar-refractivity contribution is 1.58. The van der Waals surface area contributed by atoms with E-state index in [1.165, 1.54) is 131 Å². The molecule has 0 amide bonds. The first-order valence-corrected chi connectivity index (χ1v) is 20.9. The summed E-state index contributed by atoms with van der Waals surface area (Å²) >= 11 is 0. The highest BCUT2D eigenvalue weighted by Crippen LogP contribution is 2.44. The maximum atomic E-state index is 2.33. The molecule has 0 saturated heterocycles. The molecule has 0 aliphatic carbocycles. The Kier molecular flexibility index (Phi) is 7.11. The minimum absolute atomic E-state index is 1.21. The van der Waals surface area contributed by atoms with Crippen molar-refractivity contribution in [1.82, 2.24) is 0 Å². The first kappa shape index (κ1) is 33.2. The Morgan fingerprint density at radius 3 is 1.05 bits per heavy atom. The maximum absolute atomic E-state index is 2.33. The summed E-state index contributed by atoms with van der Waals surface area (Å²) in [6.07, 6.45) is 0. The van der Waals surface area contributed by atoms with Gasteiger partial charge in [0.05, 0.1) is 0 Å². The largest absolute Gasteiger partial charge is 0.0616 e. The van der Waals surface area contributed by atoms with Crippen LogP contribution in [0.3, 0.4) is 0 Å². The molecular formula is C60H36. The molecule has 0 unspecified atom stereocenters. The molecule has 0 saturated carbocycles. The summed E-state index contributed by atoms with van der Waals surface area (Å²) in [6.45, 7) is 0. The standard InChI is InChI=1S/C60H36/c1-2-6-47-36-50(22-15-37(47)5-1)53-31-25-46-27-33-55-52(30-24-45-28-34-56(53)60(46)59(45)55)41-18-13-39(14-19-41)49-10-4-9-48(35-49)38-11-16-40(17-12-38)51-29-23-44-21-20-42-7-3-8-43-26-32-54(51)58(44)57(42)43/h1-36H. The summed E-state index contributed by atoms with van der Waals surface area (Å²) in [5, 5.41) is 18.3. The second-order valence-corrected chi connectivity index (χ2v) is 16.4. The van der Waals surface area contributed by atoms with Gasteiger partial charge < -0.3 is 0 Å². The Morgan fingerprint density at radius 2 is 0.517 bits per heavy atom. The van der Waals surface area contributed by atoms with Crippen LogP contribution in [0.15, 0.2) is 218 Å². The third kappa shape index (κ3) is 5.04. The van der Waals surface area contributed by atoms with Crippen molar-refractivity contribution in [2.24, 2.45) is 0 Å². The average molecular weight is 757 g/mol. The van der Waals surface area contributed by atoms with E-state index in [0.29, 0.717) is 0 Å². The van der Waals surface area contributed by atoms with Gasteiger partial charge in [-0.2, -0.15) is 0 Å². The summed E-state index contributed by atoms with van der Waals surface area (Å²) in [6, 6.07) is 81.3. The van der Waals surface area contributed by atoms with Crippen molar-refractivity contribution in [2.45, 2.75) is 0 Å². The van der Waals surface area contributed by atoms with Gasteiger partial charge >= 0.3 is 0 Å². The molecule has 0 aliphatic rings. The fourth-order valence-electron chi connectivity index (χ4n) is 10.2. The Labute approximate surface area is 347 Å². The molecule has 0 nitrogen and oxygen atoms in total. The van der Waals surface area contributed by atoms with Gasteiger partial charge in [0.25, 0.3) is 0 Å². The number of fused-ring (bicyclic) bond motifs is 1. The van der Waals surface area contributed by atoms with Gasteiger partial charge in [0.1, 0.15) is 0 Å². The van der Waals surface area contributed by atoms with Crippen molar-refractivity contribution in [2.75, 3.05) is 0 Å². The van der Waals surface area contributed by atoms with Crippen LogP contribution in [-0.2, 0) is 0 Å². The minimum Gasteiger partial charge on any atom is -0.0616 e. The van der Waals surface area contributed by atoms with Crippen molar-refractivity contribution in [3.8, 4) is 55.6 Å². The number of benzene rings is 13. The van der Waals surface area contributed by atoms with Gasteiger partial charge in [-0.05, 0) is 143 Å². The van der Waals surface area contributed by atoms with Crippen LogP contribution in [-0.4, -0.2) is 0 Å². The van der Waals surface area contributed by atoms with Gasteiger partial charge in [-0.15, -0.1) is 0 Å². The van der Waals surface area contributed by atoms with Crippen molar-refractivity contribution in [1.29, 1.82) is 0 Å². The third-order valence-electron chi connectivity index (χ3n) is 13.2. The van der Waals surface area contributed by atoms with E-state index < -0.39 is 0 Å². The maximum Gasteiger partial charge on any atom is -0.00203 e. The highest BCUT2D eigenvalue weighted by atomic mass is 14.2. The summed E-state index contributed by atoms with van der Waals surface area (Å²) in [5.74, 6) is 0. The van der Waals surface area contributed by atoms with Crippen LogP contribution in [0.4, 0.5) is 0 Å². The van der Waals surface area contributed by atoms with E-state index >= 15 is 0 Å². The van der Waals surface area contributed by atoms with Crippen LogP contribution in [0.25, 0.3) is 131 Å². The first-order chi connectivity index (χ1) is 29.7. The number of hydrogen-bond acceptors (Lipinski definition) is 0. The molecule has 0 aliphatic heterocycles. The van der Waals surface area contributed by atoms with E-state index in [9.17, 15) is 0 Å². The van der Waals surface area contributed by atoms with Crippen molar-refractivity contribution in [3.63, 3.8) is 0 Å². The lowest BCUT2D eigenvalue weighted by atomic mass is 9.87. The van der Waals surface area contributed by atoms with E-state index in [1.807, 2.05) is 0 Å². The van der Waals surface area contributed by atoms with Crippen molar-refractivity contribution < 1.29 is 0 Å². The molecule has 0 radical (unpaired) electrons. The SMILES string of the molecule is c1cc(-c2ccc(-c3ccc4ccc5cccc6ccc3c4c56)cc2)cc(-c2ccc(-c3ccc4ccc5c(-c6ccc7ccccc7c6)ccc6ccc3c4c65)cc2)c1. The predicted molar refractivity (Wildman–Crippen MR) is 259 cm³/mol. The lowest BCUT2D eigenvalue weighted by Gasteiger charge is -2.17. The van der Waals surface area contributed by atoms with Crippen LogP contribution < -0.4 is 0 Å². The molecule has 0 aromatic heterocycles. The summed E-state index contributed by atoms with van der Waals surface area (Å²) in [5.41, 5.74) is 12.4. The molecular weight excluding hydrogens is 721 g/mol. The highest BCUT2D eigenvalue weighted by molar-refractivity contribution is 6.28. The predicted octanol–water partition coefficient (Wildman–Crippen LogP) is 17.0. The summed E-state index contributed by atoms with van der Waals surface area (Å²) < 4.78 is 0. The summed E-state index contributed by atoms with van der Waals surface area (Å²) in [7, 11) is 0. The zero-order valence-corrected chi connectivity index (χ0v) is 32.8. The van der Waals surface area contributed by atoms with Crippen molar-refractivity contribution >= 4 is 75.4 Å². The fraction of sp³-hybridized carbons (Fsp3) is 0. The Hall–Kier alpha value is -7.80. The first-order valence-electron chi connectivity index (χ1n) is 20.9. The molecule has 0 heterocycles. The average Bonchev–Trinajstić information content (AvgIpc) is 3.32. The zero-order valence-electron chi connectivity index (χ0n) is 32.8. The third-order valence-corrected chi connectivity index (χ3v) is 13.2. The van der Waals surface area contributed by atoms with Gasteiger partial charge in [0.2, 0.25) is 0 Å². The second kappa shape index (κ2) is 12.9. The van der Waals surface area contributed by atoms with E-state index in [4.69, 9.17) is 0 Å². The van der Waals surface area contributed by atoms with Gasteiger partial charge in [-0.1, -0.05) is 206 Å². The molecule has 276 valence electrons. The molecule has 13 aromatic carbocycles. The molecule has 0 heteroatoms. The zero-order chi connectivity index (χ0) is 39.3. The van der Waals surface area contributed by atoms with Gasteiger partial charge in [-0.25, -0.2) is 0 Å². The van der Waals surface area contributed by atoms with E-state index in [0.717, 1.165) is 0 Å². The monoisotopic (exact) mass is 756 g/mol. The minimum atomic E-state index is 1.21. The molecule has 13 rings (SSSR count). The molecule has 0 bridgehead atoms. The Bertz CT molecular complexity index is 3780. The normalized spacial score (nSPS) is 12.0. The van der Waals surface area contributed by atoms with Gasteiger partial charge in [-0.3, -0.25) is 0 Å². The highest BCUT2D eigenvalue weighted by Gasteiger charge is 2.16. The Balaban J connectivity index is 0.830. The van der Waals surface area contributed by atoms with Crippen LogP contribution in [0.2, 0.25) is 0 Å². The van der Waals surface area contributed by atoms with E-state index in [1.54, 1.807) is 0 Å². The molecule has 0 N–H and O–H groups in total. The smallest absolute Gasteiger partial charge is 0.00203 e.